The van der Waals surface area contributed by atoms with Crippen molar-refractivity contribution in [1.29, 1.82) is 0 Å². The van der Waals surface area contributed by atoms with Gasteiger partial charge in [0, 0.05) is 6.92 Å². The number of aliphatic hydroxyl groups is 1. The molecule has 1 unspecified atom stereocenters. The molecular formula is C10H19N2O6P. The predicted octanol–water partition coefficient (Wildman–Crippen LogP) is -0.399. The number of hydrogen-bond donors (Lipinski definition) is 3. The molecule has 1 atom stereocenters. The first-order valence-electron chi connectivity index (χ1n) is 5.41. The summed E-state index contributed by atoms with van der Waals surface area (Å²) in [6, 6.07) is 0. The van der Waals surface area contributed by atoms with Gasteiger partial charge in [0.1, 0.15) is 32.5 Å². The Hall–Kier alpha value is -1.21. The molecule has 2 amide bonds. The van der Waals surface area contributed by atoms with Crippen LogP contribution in [-0.2, 0) is 23.6 Å². The van der Waals surface area contributed by atoms with E-state index in [9.17, 15) is 14.2 Å². The van der Waals surface area contributed by atoms with E-state index in [1.165, 1.54) is 6.92 Å². The van der Waals surface area contributed by atoms with Crippen molar-refractivity contribution >= 4 is 19.0 Å². The van der Waals surface area contributed by atoms with E-state index in [4.69, 9.17) is 14.6 Å². The highest BCUT2D eigenvalue weighted by atomic mass is 31.2. The standard InChI is InChI=1S/C10H19N2O6P/c1-3-10(15)12-5-18-8-19(16,6-13)7-17-4-11-9(2)14/h3,13H,1,4-8H2,2H3,(H,11,14)(H,12,15). The average Bonchev–Trinajstić information content (AvgIpc) is 2.39. The number of amides is 2. The van der Waals surface area contributed by atoms with Gasteiger partial charge in [0.15, 0.2) is 7.14 Å². The summed E-state index contributed by atoms with van der Waals surface area (Å²) in [6.07, 6.45) is 0.0359. The fraction of sp³-hybridized carbons (Fsp3) is 0.600. The van der Waals surface area contributed by atoms with Gasteiger partial charge in [0.2, 0.25) is 11.8 Å². The molecule has 0 radical (unpaired) electrons. The Morgan fingerprint density at radius 1 is 1.26 bits per heavy atom. The first-order valence-corrected chi connectivity index (χ1v) is 7.68. The third-order valence-corrected chi connectivity index (χ3v) is 3.69. The summed E-state index contributed by atoms with van der Waals surface area (Å²) in [6.45, 7) is 4.34. The van der Waals surface area contributed by atoms with Gasteiger partial charge in [-0.3, -0.25) is 9.59 Å². The van der Waals surface area contributed by atoms with Gasteiger partial charge in [0.05, 0.1) is 0 Å². The fourth-order valence-electron chi connectivity index (χ4n) is 0.890. The summed E-state index contributed by atoms with van der Waals surface area (Å²) in [7, 11) is -3.05. The highest BCUT2D eigenvalue weighted by molar-refractivity contribution is 7.63. The Bertz CT molecular complexity index is 360. The van der Waals surface area contributed by atoms with Crippen LogP contribution in [0, 0.1) is 0 Å². The third-order valence-electron chi connectivity index (χ3n) is 1.87. The maximum absolute atomic E-state index is 12.0. The van der Waals surface area contributed by atoms with Gasteiger partial charge in [0.25, 0.3) is 0 Å². The van der Waals surface area contributed by atoms with Crippen molar-refractivity contribution in [1.82, 2.24) is 10.6 Å². The predicted molar refractivity (Wildman–Crippen MR) is 68.5 cm³/mol. The Morgan fingerprint density at radius 3 is 2.21 bits per heavy atom. The van der Waals surface area contributed by atoms with Crippen LogP contribution in [0.15, 0.2) is 12.7 Å². The molecule has 0 rings (SSSR count). The molecule has 0 spiro atoms. The van der Waals surface area contributed by atoms with E-state index >= 15 is 0 Å². The Labute approximate surface area is 111 Å². The zero-order valence-corrected chi connectivity index (χ0v) is 11.7. The van der Waals surface area contributed by atoms with E-state index in [2.05, 4.69) is 17.2 Å². The Kier molecular flexibility index (Phi) is 9.07. The lowest BCUT2D eigenvalue weighted by atomic mass is 10.6. The number of ether oxygens (including phenoxy) is 2. The number of rotatable bonds is 10. The maximum atomic E-state index is 12.0. The van der Waals surface area contributed by atoms with Crippen LogP contribution in [0.3, 0.4) is 0 Å². The van der Waals surface area contributed by atoms with Crippen LogP contribution < -0.4 is 10.6 Å². The summed E-state index contributed by atoms with van der Waals surface area (Å²) in [5.74, 6) is -0.692. The molecule has 0 aliphatic rings. The van der Waals surface area contributed by atoms with Crippen LogP contribution in [0.5, 0.6) is 0 Å². The van der Waals surface area contributed by atoms with Gasteiger partial charge in [-0.05, 0) is 6.08 Å². The molecule has 0 saturated heterocycles. The van der Waals surface area contributed by atoms with Gasteiger partial charge in [-0.1, -0.05) is 6.58 Å². The van der Waals surface area contributed by atoms with Crippen molar-refractivity contribution in [2.45, 2.75) is 6.92 Å². The second kappa shape index (κ2) is 9.69. The Morgan fingerprint density at radius 2 is 1.79 bits per heavy atom. The highest BCUT2D eigenvalue weighted by Gasteiger charge is 2.21. The lowest BCUT2D eigenvalue weighted by molar-refractivity contribution is -0.120. The van der Waals surface area contributed by atoms with E-state index in [1.807, 2.05) is 0 Å². The SMILES string of the molecule is C=CC(=O)NCOCP(=O)(CO)COCNC(C)=O. The normalized spacial score (nSPS) is 13.4. The quantitative estimate of drug-likeness (QED) is 0.219. The molecule has 19 heavy (non-hydrogen) atoms. The molecule has 0 aliphatic carbocycles. The molecule has 0 aromatic carbocycles. The first-order chi connectivity index (χ1) is 8.93. The number of carbonyl (C=O) groups is 2. The Balaban J connectivity index is 3.88. The largest absolute Gasteiger partial charge is 0.388 e. The lowest BCUT2D eigenvalue weighted by Gasteiger charge is -2.16. The van der Waals surface area contributed by atoms with Crippen molar-refractivity contribution in [2.75, 3.05) is 32.5 Å². The highest BCUT2D eigenvalue weighted by Crippen LogP contribution is 2.43. The number of hydrogen-bond acceptors (Lipinski definition) is 6. The smallest absolute Gasteiger partial charge is 0.245 e. The molecular weight excluding hydrogens is 275 g/mol. The van der Waals surface area contributed by atoms with Crippen molar-refractivity contribution in [3.05, 3.63) is 12.7 Å². The molecule has 0 aliphatic heterocycles. The molecule has 0 heterocycles. The number of nitrogens with one attached hydrogen (secondary N) is 2. The van der Waals surface area contributed by atoms with E-state index < -0.39 is 19.4 Å². The summed E-state index contributed by atoms with van der Waals surface area (Å²) < 4.78 is 21.9. The summed E-state index contributed by atoms with van der Waals surface area (Å²) in [5.41, 5.74) is 0. The van der Waals surface area contributed by atoms with Crippen LogP contribution in [0.25, 0.3) is 0 Å². The zero-order chi connectivity index (χ0) is 14.7. The summed E-state index contributed by atoms with van der Waals surface area (Å²) >= 11 is 0. The van der Waals surface area contributed by atoms with Crippen molar-refractivity contribution in [3.63, 3.8) is 0 Å². The molecule has 0 fully saturated rings. The van der Waals surface area contributed by atoms with Crippen molar-refractivity contribution in [3.8, 4) is 0 Å². The minimum Gasteiger partial charge on any atom is -0.388 e. The molecule has 0 saturated carbocycles. The van der Waals surface area contributed by atoms with Gasteiger partial charge >= 0.3 is 0 Å². The maximum Gasteiger partial charge on any atom is 0.245 e. The van der Waals surface area contributed by atoms with Crippen LogP contribution in [-0.4, -0.2) is 49.4 Å². The van der Waals surface area contributed by atoms with Crippen molar-refractivity contribution in [2.24, 2.45) is 0 Å². The average molecular weight is 294 g/mol. The van der Waals surface area contributed by atoms with E-state index in [0.717, 1.165) is 6.08 Å². The van der Waals surface area contributed by atoms with Crippen LogP contribution >= 0.6 is 7.14 Å². The molecule has 9 heteroatoms. The second-order valence-electron chi connectivity index (χ2n) is 3.63. The van der Waals surface area contributed by atoms with Crippen LogP contribution in [0.2, 0.25) is 0 Å². The molecule has 0 bridgehead atoms. The molecule has 8 nitrogen and oxygen atoms in total. The molecule has 0 aromatic rings. The van der Waals surface area contributed by atoms with E-state index in [-0.39, 0.29) is 32.1 Å². The van der Waals surface area contributed by atoms with Crippen LogP contribution in [0.4, 0.5) is 0 Å². The second-order valence-corrected chi connectivity index (χ2v) is 6.55. The molecule has 3 N–H and O–H groups in total. The molecule has 110 valence electrons. The fourth-order valence-corrected chi connectivity index (χ4v) is 1.98. The van der Waals surface area contributed by atoms with Gasteiger partial charge in [-0.15, -0.1) is 0 Å². The van der Waals surface area contributed by atoms with Crippen molar-refractivity contribution < 1.29 is 28.7 Å². The van der Waals surface area contributed by atoms with Gasteiger partial charge < -0.3 is 29.8 Å². The topological polar surface area (TPSA) is 114 Å². The number of carbonyl (C=O) groups excluding carboxylic acids is 2. The summed E-state index contributed by atoms with van der Waals surface area (Å²) in [5, 5.41) is 13.7. The minimum absolute atomic E-state index is 0.0908. The number of aliphatic hydroxyl groups excluding tert-OH is 1. The zero-order valence-electron chi connectivity index (χ0n) is 10.8. The third kappa shape index (κ3) is 9.38. The molecule has 0 aromatic heterocycles. The van der Waals surface area contributed by atoms with E-state index in [1.54, 1.807) is 0 Å². The monoisotopic (exact) mass is 294 g/mol. The summed E-state index contributed by atoms with van der Waals surface area (Å²) in [4.78, 5) is 21.3. The van der Waals surface area contributed by atoms with Gasteiger partial charge in [-0.25, -0.2) is 0 Å². The first kappa shape index (κ1) is 17.8. The lowest BCUT2D eigenvalue weighted by Crippen LogP contribution is -2.25. The van der Waals surface area contributed by atoms with E-state index in [0.29, 0.717) is 0 Å². The van der Waals surface area contributed by atoms with Crippen LogP contribution in [0.1, 0.15) is 6.92 Å². The minimum atomic E-state index is -3.05. The van der Waals surface area contributed by atoms with Gasteiger partial charge in [-0.2, -0.15) is 0 Å².